The zero-order valence-corrected chi connectivity index (χ0v) is 9.63. The van der Waals surface area contributed by atoms with Crippen LogP contribution >= 0.6 is 0 Å². The molecule has 1 unspecified atom stereocenters. The molecule has 16 heavy (non-hydrogen) atoms. The quantitative estimate of drug-likeness (QED) is 0.776. The summed E-state index contributed by atoms with van der Waals surface area (Å²) in [5.74, 6) is 0. The molecule has 0 radical (unpaired) electrons. The maximum Gasteiger partial charge on any atom is 0.0941 e. The molecule has 2 bridgehead atoms. The first-order valence-corrected chi connectivity index (χ1v) is 6.04. The fraction of sp³-hybridized carbons (Fsp3) is 0.615. The number of aliphatic hydroxyl groups is 1. The zero-order valence-electron chi connectivity index (χ0n) is 9.63. The molecule has 86 valence electrons. The maximum absolute atomic E-state index is 10.8. The van der Waals surface area contributed by atoms with Crippen molar-refractivity contribution in [3.8, 4) is 0 Å². The van der Waals surface area contributed by atoms with Gasteiger partial charge in [0.25, 0.3) is 0 Å². The van der Waals surface area contributed by atoms with Crippen LogP contribution in [-0.4, -0.2) is 34.1 Å². The Kier molecular flexibility index (Phi) is 2.26. The Bertz CT molecular complexity index is 365. The number of nitrogens with zero attached hydrogens (tertiary/aromatic N) is 2. The van der Waals surface area contributed by atoms with Crippen molar-refractivity contribution in [2.75, 3.05) is 7.05 Å². The Morgan fingerprint density at radius 1 is 1.38 bits per heavy atom. The first-order chi connectivity index (χ1) is 7.69. The standard InChI is InChI=1S/C13H18N2O/c1-15-11-4-5-12(15)8-13(16,7-11)10-3-2-6-14-9-10/h2-3,6,9,11-12,16H,4-5,7-8H2,1H3/t11-,12+,13?. The first kappa shape index (κ1) is 10.2. The van der Waals surface area contributed by atoms with Crippen LogP contribution in [-0.2, 0) is 5.60 Å². The van der Waals surface area contributed by atoms with Gasteiger partial charge < -0.3 is 10.0 Å². The van der Waals surface area contributed by atoms with Gasteiger partial charge in [-0.2, -0.15) is 0 Å². The SMILES string of the molecule is CN1[C@@H]2CC[C@H]1CC(O)(c1cccnc1)C2. The Morgan fingerprint density at radius 2 is 2.06 bits per heavy atom. The summed E-state index contributed by atoms with van der Waals surface area (Å²) in [6.45, 7) is 0. The van der Waals surface area contributed by atoms with Crippen LogP contribution in [0.3, 0.4) is 0 Å². The Labute approximate surface area is 96.1 Å². The number of pyridine rings is 1. The molecular formula is C13H18N2O. The van der Waals surface area contributed by atoms with E-state index >= 15 is 0 Å². The van der Waals surface area contributed by atoms with E-state index in [-0.39, 0.29) is 0 Å². The van der Waals surface area contributed by atoms with E-state index in [0.29, 0.717) is 12.1 Å². The molecule has 0 aromatic carbocycles. The van der Waals surface area contributed by atoms with E-state index < -0.39 is 5.60 Å². The van der Waals surface area contributed by atoms with Crippen molar-refractivity contribution in [3.05, 3.63) is 30.1 Å². The topological polar surface area (TPSA) is 36.4 Å². The number of fused-ring (bicyclic) bond motifs is 2. The van der Waals surface area contributed by atoms with Gasteiger partial charge in [-0.3, -0.25) is 4.98 Å². The molecule has 2 fully saturated rings. The average Bonchev–Trinajstić information content (AvgIpc) is 2.54. The van der Waals surface area contributed by atoms with Crippen LogP contribution in [0.5, 0.6) is 0 Å². The molecule has 2 saturated heterocycles. The monoisotopic (exact) mass is 218 g/mol. The summed E-state index contributed by atoms with van der Waals surface area (Å²) in [4.78, 5) is 6.56. The highest BCUT2D eigenvalue weighted by atomic mass is 16.3. The molecule has 3 heterocycles. The smallest absolute Gasteiger partial charge is 0.0941 e. The summed E-state index contributed by atoms with van der Waals surface area (Å²) in [6, 6.07) is 5.00. The highest BCUT2D eigenvalue weighted by Crippen LogP contribution is 2.44. The summed E-state index contributed by atoms with van der Waals surface area (Å²) in [7, 11) is 2.19. The third-order valence-electron chi connectivity index (χ3n) is 4.33. The predicted molar refractivity (Wildman–Crippen MR) is 61.9 cm³/mol. The first-order valence-electron chi connectivity index (χ1n) is 6.04. The van der Waals surface area contributed by atoms with E-state index in [2.05, 4.69) is 16.9 Å². The second-order valence-corrected chi connectivity index (χ2v) is 5.23. The average molecular weight is 218 g/mol. The second kappa shape index (κ2) is 3.54. The predicted octanol–water partition coefficient (Wildman–Crippen LogP) is 1.53. The number of hydrogen-bond acceptors (Lipinski definition) is 3. The van der Waals surface area contributed by atoms with E-state index in [1.807, 2.05) is 18.3 Å². The minimum Gasteiger partial charge on any atom is -0.385 e. The van der Waals surface area contributed by atoms with Crippen LogP contribution in [0.25, 0.3) is 0 Å². The Morgan fingerprint density at radius 3 is 2.62 bits per heavy atom. The zero-order chi connectivity index (χ0) is 11.2. The number of hydrogen-bond donors (Lipinski definition) is 1. The van der Waals surface area contributed by atoms with Gasteiger partial charge in [0.05, 0.1) is 5.60 Å². The van der Waals surface area contributed by atoms with Gasteiger partial charge in [0.1, 0.15) is 0 Å². The molecule has 2 aliphatic rings. The Balaban J connectivity index is 1.91. The van der Waals surface area contributed by atoms with E-state index in [1.165, 1.54) is 12.8 Å². The molecule has 3 atom stereocenters. The van der Waals surface area contributed by atoms with Gasteiger partial charge in [-0.05, 0) is 38.8 Å². The van der Waals surface area contributed by atoms with Crippen molar-refractivity contribution >= 4 is 0 Å². The van der Waals surface area contributed by atoms with Gasteiger partial charge >= 0.3 is 0 Å². The van der Waals surface area contributed by atoms with Crippen molar-refractivity contribution in [3.63, 3.8) is 0 Å². The van der Waals surface area contributed by atoms with Crippen molar-refractivity contribution in [2.24, 2.45) is 0 Å². The van der Waals surface area contributed by atoms with Crippen molar-refractivity contribution in [1.82, 2.24) is 9.88 Å². The number of piperidine rings is 1. The summed E-state index contributed by atoms with van der Waals surface area (Å²) >= 11 is 0. The lowest BCUT2D eigenvalue weighted by atomic mass is 9.81. The summed E-state index contributed by atoms with van der Waals surface area (Å²) in [5.41, 5.74) is 0.340. The molecule has 3 nitrogen and oxygen atoms in total. The highest BCUT2D eigenvalue weighted by molar-refractivity contribution is 5.21. The lowest BCUT2D eigenvalue weighted by Crippen LogP contribution is -2.47. The van der Waals surface area contributed by atoms with Crippen LogP contribution in [0.2, 0.25) is 0 Å². The molecule has 0 aliphatic carbocycles. The molecule has 0 saturated carbocycles. The van der Waals surface area contributed by atoms with Crippen molar-refractivity contribution < 1.29 is 5.11 Å². The number of aromatic nitrogens is 1. The fourth-order valence-corrected chi connectivity index (χ4v) is 3.32. The van der Waals surface area contributed by atoms with Gasteiger partial charge in [-0.25, -0.2) is 0 Å². The van der Waals surface area contributed by atoms with Crippen LogP contribution < -0.4 is 0 Å². The molecule has 0 amide bonds. The summed E-state index contributed by atoms with van der Waals surface area (Å²) < 4.78 is 0. The molecule has 3 heteroatoms. The van der Waals surface area contributed by atoms with Crippen LogP contribution in [0.4, 0.5) is 0 Å². The normalized spacial score (nSPS) is 38.9. The van der Waals surface area contributed by atoms with Gasteiger partial charge in [0.2, 0.25) is 0 Å². The van der Waals surface area contributed by atoms with Gasteiger partial charge in [0.15, 0.2) is 0 Å². The lowest BCUT2D eigenvalue weighted by Gasteiger charge is -2.42. The molecule has 0 spiro atoms. The van der Waals surface area contributed by atoms with Crippen LogP contribution in [0.15, 0.2) is 24.5 Å². The minimum absolute atomic E-state index is 0.545. The third kappa shape index (κ3) is 1.46. The molecule has 1 N–H and O–H groups in total. The van der Waals surface area contributed by atoms with Gasteiger partial charge in [-0.1, -0.05) is 6.07 Å². The fourth-order valence-electron chi connectivity index (χ4n) is 3.32. The van der Waals surface area contributed by atoms with Crippen molar-refractivity contribution in [1.29, 1.82) is 0 Å². The molecule has 1 aromatic rings. The van der Waals surface area contributed by atoms with Crippen LogP contribution in [0, 0.1) is 0 Å². The van der Waals surface area contributed by atoms with E-state index in [1.54, 1.807) is 6.20 Å². The molecular weight excluding hydrogens is 200 g/mol. The van der Waals surface area contributed by atoms with Crippen LogP contribution in [0.1, 0.15) is 31.2 Å². The summed E-state index contributed by atoms with van der Waals surface area (Å²) in [6.07, 6.45) is 7.73. The van der Waals surface area contributed by atoms with E-state index in [4.69, 9.17) is 0 Å². The number of rotatable bonds is 1. The minimum atomic E-state index is -0.646. The molecule has 1 aromatic heterocycles. The Hall–Kier alpha value is -0.930. The van der Waals surface area contributed by atoms with Gasteiger partial charge in [-0.15, -0.1) is 0 Å². The third-order valence-corrected chi connectivity index (χ3v) is 4.33. The highest BCUT2D eigenvalue weighted by Gasteiger charge is 2.46. The lowest BCUT2D eigenvalue weighted by molar-refractivity contribution is -0.0495. The molecule has 2 aliphatic heterocycles. The van der Waals surface area contributed by atoms with Crippen molar-refractivity contribution in [2.45, 2.75) is 43.4 Å². The molecule has 3 rings (SSSR count). The van der Waals surface area contributed by atoms with Gasteiger partial charge in [0, 0.05) is 30.0 Å². The van der Waals surface area contributed by atoms with E-state index in [9.17, 15) is 5.11 Å². The van der Waals surface area contributed by atoms with E-state index in [0.717, 1.165) is 18.4 Å². The largest absolute Gasteiger partial charge is 0.385 e. The summed E-state index contributed by atoms with van der Waals surface area (Å²) in [5, 5.41) is 10.8. The second-order valence-electron chi connectivity index (χ2n) is 5.23. The maximum atomic E-state index is 10.8.